The van der Waals surface area contributed by atoms with Gasteiger partial charge in [0.15, 0.2) is 6.17 Å². The van der Waals surface area contributed by atoms with Crippen LogP contribution in [0.4, 0.5) is 4.79 Å². The van der Waals surface area contributed by atoms with Crippen molar-refractivity contribution in [2.45, 2.75) is 31.8 Å². The zero-order chi connectivity index (χ0) is 13.8. The van der Waals surface area contributed by atoms with E-state index in [0.717, 1.165) is 4.90 Å². The molecule has 0 fully saturated rings. The van der Waals surface area contributed by atoms with Crippen LogP contribution in [0.3, 0.4) is 0 Å². The molecular formula is C10H14N4O4. The minimum Gasteiger partial charge on any atom is -0.351 e. The SMILES string of the molecule is NC(=O)N(C=O)CCCCCC(N=C=O)N=C=O. The van der Waals surface area contributed by atoms with Crippen LogP contribution in [-0.2, 0) is 14.4 Å². The van der Waals surface area contributed by atoms with Crippen molar-refractivity contribution < 1.29 is 19.2 Å². The lowest BCUT2D eigenvalue weighted by molar-refractivity contribution is -0.115. The minimum absolute atomic E-state index is 0.234. The van der Waals surface area contributed by atoms with E-state index in [1.807, 2.05) is 0 Å². The van der Waals surface area contributed by atoms with Gasteiger partial charge in [0.25, 0.3) is 0 Å². The molecule has 0 saturated heterocycles. The van der Waals surface area contributed by atoms with E-state index >= 15 is 0 Å². The molecule has 0 unspecified atom stereocenters. The Morgan fingerprint density at radius 2 is 1.83 bits per heavy atom. The summed E-state index contributed by atoms with van der Waals surface area (Å²) in [7, 11) is 0. The highest BCUT2D eigenvalue weighted by Gasteiger charge is 2.07. The van der Waals surface area contributed by atoms with Gasteiger partial charge in [0, 0.05) is 6.54 Å². The molecule has 98 valence electrons. The Balaban J connectivity index is 3.84. The summed E-state index contributed by atoms with van der Waals surface area (Å²) in [5.74, 6) is 0. The van der Waals surface area contributed by atoms with Crippen molar-refractivity contribution in [1.29, 1.82) is 0 Å². The first-order chi connectivity index (χ1) is 8.65. The second kappa shape index (κ2) is 9.89. The highest BCUT2D eigenvalue weighted by atomic mass is 16.2. The van der Waals surface area contributed by atoms with E-state index in [0.29, 0.717) is 32.1 Å². The van der Waals surface area contributed by atoms with Crippen LogP contribution in [0.15, 0.2) is 9.98 Å². The van der Waals surface area contributed by atoms with Crippen molar-refractivity contribution in [1.82, 2.24) is 4.90 Å². The van der Waals surface area contributed by atoms with Crippen LogP contribution in [0.1, 0.15) is 25.7 Å². The van der Waals surface area contributed by atoms with Crippen molar-refractivity contribution in [2.24, 2.45) is 15.7 Å². The third kappa shape index (κ3) is 7.05. The Hall–Kier alpha value is -2.30. The van der Waals surface area contributed by atoms with Crippen molar-refractivity contribution in [3.8, 4) is 0 Å². The van der Waals surface area contributed by atoms with Gasteiger partial charge in [0.05, 0.1) is 0 Å². The molecule has 0 aliphatic carbocycles. The van der Waals surface area contributed by atoms with E-state index in [1.54, 1.807) is 0 Å². The number of rotatable bonds is 9. The van der Waals surface area contributed by atoms with Gasteiger partial charge in [-0.05, 0) is 19.3 Å². The standard InChI is InChI=1S/C10H14N4O4/c11-10(18)14(8-17)5-3-1-2-4-9(12-6-15)13-7-16/h8-9H,1-5H2,(H2,11,18). The Bertz CT molecular complexity index is 354. The molecule has 0 bridgehead atoms. The molecule has 8 heteroatoms. The van der Waals surface area contributed by atoms with Gasteiger partial charge in [0.2, 0.25) is 18.6 Å². The van der Waals surface area contributed by atoms with E-state index in [9.17, 15) is 19.2 Å². The van der Waals surface area contributed by atoms with Gasteiger partial charge in [-0.25, -0.2) is 14.4 Å². The van der Waals surface area contributed by atoms with Gasteiger partial charge in [-0.3, -0.25) is 9.69 Å². The van der Waals surface area contributed by atoms with Crippen LogP contribution >= 0.6 is 0 Å². The van der Waals surface area contributed by atoms with Gasteiger partial charge in [0.1, 0.15) is 0 Å². The number of carbonyl (C=O) groups is 2. The normalized spacial score (nSPS) is 10.7. The number of hydrogen-bond acceptors (Lipinski definition) is 6. The molecular weight excluding hydrogens is 240 g/mol. The number of amides is 3. The van der Waals surface area contributed by atoms with Gasteiger partial charge in [-0.2, -0.15) is 9.98 Å². The van der Waals surface area contributed by atoms with Crippen molar-refractivity contribution in [3.05, 3.63) is 0 Å². The average Bonchev–Trinajstić information content (AvgIpc) is 2.33. The Kier molecular flexibility index (Phi) is 8.63. The molecule has 0 aliphatic heterocycles. The highest BCUT2D eigenvalue weighted by molar-refractivity contribution is 5.83. The number of hydrogen-bond donors (Lipinski definition) is 1. The van der Waals surface area contributed by atoms with Crippen LogP contribution in [0, 0.1) is 0 Å². The van der Waals surface area contributed by atoms with E-state index < -0.39 is 12.2 Å². The number of imide groups is 1. The monoisotopic (exact) mass is 254 g/mol. The largest absolute Gasteiger partial charge is 0.351 e. The number of carbonyl (C=O) groups excluding carboxylic acids is 4. The first kappa shape index (κ1) is 15.7. The number of aliphatic imine (C=N–C) groups is 2. The summed E-state index contributed by atoms with van der Waals surface area (Å²) in [4.78, 5) is 48.6. The average molecular weight is 254 g/mol. The van der Waals surface area contributed by atoms with Crippen molar-refractivity contribution >= 4 is 24.6 Å². The molecule has 0 saturated carbocycles. The zero-order valence-electron chi connectivity index (χ0n) is 9.74. The molecule has 8 nitrogen and oxygen atoms in total. The summed E-state index contributed by atoms with van der Waals surface area (Å²) < 4.78 is 0. The summed E-state index contributed by atoms with van der Waals surface area (Å²) in [6.45, 7) is 0.234. The van der Waals surface area contributed by atoms with Crippen LogP contribution in [0.25, 0.3) is 0 Å². The third-order valence-electron chi connectivity index (χ3n) is 2.18. The Morgan fingerprint density at radius 3 is 2.28 bits per heavy atom. The first-order valence-electron chi connectivity index (χ1n) is 5.31. The van der Waals surface area contributed by atoms with Gasteiger partial charge in [-0.15, -0.1) is 0 Å². The topological polar surface area (TPSA) is 122 Å². The number of unbranched alkanes of at least 4 members (excludes halogenated alkanes) is 2. The number of nitrogens with two attached hydrogens (primary N) is 1. The van der Waals surface area contributed by atoms with Crippen molar-refractivity contribution in [3.63, 3.8) is 0 Å². The predicted octanol–water partition coefficient (Wildman–Crippen LogP) is 0.0816. The Morgan fingerprint density at radius 1 is 1.22 bits per heavy atom. The van der Waals surface area contributed by atoms with Crippen LogP contribution < -0.4 is 5.73 Å². The number of urea groups is 1. The predicted molar refractivity (Wildman–Crippen MR) is 60.9 cm³/mol. The molecule has 0 atom stereocenters. The lowest BCUT2D eigenvalue weighted by Crippen LogP contribution is -2.35. The first-order valence-corrected chi connectivity index (χ1v) is 5.31. The maximum absolute atomic E-state index is 10.7. The molecule has 0 aromatic heterocycles. The summed E-state index contributed by atoms with van der Waals surface area (Å²) in [5.41, 5.74) is 4.93. The Labute approximate surface area is 104 Å². The molecule has 0 aromatic carbocycles. The molecule has 0 radical (unpaired) electrons. The van der Waals surface area contributed by atoms with E-state index in [4.69, 9.17) is 5.73 Å². The molecule has 0 aliphatic rings. The summed E-state index contributed by atoms with van der Waals surface area (Å²) in [5, 5.41) is 0. The lowest BCUT2D eigenvalue weighted by Gasteiger charge is -2.11. The number of isocyanates is 2. The lowest BCUT2D eigenvalue weighted by atomic mass is 10.1. The fraction of sp³-hybridized carbons (Fsp3) is 0.600. The van der Waals surface area contributed by atoms with Crippen LogP contribution in [0.2, 0.25) is 0 Å². The molecule has 0 heterocycles. The summed E-state index contributed by atoms with van der Waals surface area (Å²) in [6.07, 6.45) is 4.55. The molecule has 2 N–H and O–H groups in total. The second-order valence-corrected chi connectivity index (χ2v) is 3.41. The quantitative estimate of drug-likeness (QED) is 0.271. The summed E-state index contributed by atoms with van der Waals surface area (Å²) in [6, 6.07) is -0.793. The molecule has 18 heavy (non-hydrogen) atoms. The van der Waals surface area contributed by atoms with Crippen LogP contribution in [0.5, 0.6) is 0 Å². The smallest absolute Gasteiger partial charge is 0.321 e. The second-order valence-electron chi connectivity index (χ2n) is 3.41. The van der Waals surface area contributed by atoms with Crippen LogP contribution in [-0.4, -0.2) is 42.2 Å². The fourth-order valence-corrected chi connectivity index (χ4v) is 1.28. The highest BCUT2D eigenvalue weighted by Crippen LogP contribution is 2.07. The van der Waals surface area contributed by atoms with E-state index in [1.165, 1.54) is 12.2 Å². The van der Waals surface area contributed by atoms with Gasteiger partial charge >= 0.3 is 6.03 Å². The van der Waals surface area contributed by atoms with Crippen molar-refractivity contribution in [2.75, 3.05) is 6.54 Å². The minimum atomic E-state index is -0.793. The molecule has 3 amide bonds. The molecule has 0 rings (SSSR count). The zero-order valence-corrected chi connectivity index (χ0v) is 9.74. The van der Waals surface area contributed by atoms with Gasteiger partial charge < -0.3 is 5.73 Å². The number of primary amides is 1. The molecule has 0 aromatic rings. The van der Waals surface area contributed by atoms with E-state index in [-0.39, 0.29) is 6.54 Å². The van der Waals surface area contributed by atoms with E-state index in [2.05, 4.69) is 9.98 Å². The summed E-state index contributed by atoms with van der Waals surface area (Å²) >= 11 is 0. The fourth-order valence-electron chi connectivity index (χ4n) is 1.28. The maximum atomic E-state index is 10.7. The number of nitrogens with zero attached hydrogens (tertiary/aromatic N) is 3. The molecule has 0 spiro atoms. The third-order valence-corrected chi connectivity index (χ3v) is 2.18. The maximum Gasteiger partial charge on any atom is 0.321 e. The van der Waals surface area contributed by atoms with Gasteiger partial charge in [-0.1, -0.05) is 6.42 Å².